The molecule has 3 aromatic carbocycles. The van der Waals surface area contributed by atoms with Gasteiger partial charge in [-0.3, -0.25) is 4.79 Å². The van der Waals surface area contributed by atoms with Gasteiger partial charge in [0, 0.05) is 42.6 Å². The molecule has 0 radical (unpaired) electrons. The van der Waals surface area contributed by atoms with Crippen LogP contribution < -0.4 is 10.1 Å². The van der Waals surface area contributed by atoms with Crippen molar-refractivity contribution in [2.45, 2.75) is 32.0 Å². The zero-order chi connectivity index (χ0) is 25.0. The van der Waals surface area contributed by atoms with E-state index in [9.17, 15) is 18.0 Å². The van der Waals surface area contributed by atoms with Crippen molar-refractivity contribution in [3.8, 4) is 11.5 Å². The lowest BCUT2D eigenvalue weighted by Gasteiger charge is -2.42. The molecule has 1 fully saturated rings. The summed E-state index contributed by atoms with van der Waals surface area (Å²) in [6.07, 6.45) is -2.61. The van der Waals surface area contributed by atoms with Gasteiger partial charge in [-0.1, -0.05) is 12.1 Å². The molecule has 0 bridgehead atoms. The fourth-order valence-electron chi connectivity index (χ4n) is 4.29. The second kappa shape index (κ2) is 10.7. The van der Waals surface area contributed by atoms with Gasteiger partial charge in [-0.15, -0.1) is 0 Å². The molecule has 5 nitrogen and oxygen atoms in total. The molecule has 1 heterocycles. The number of halogens is 3. The molecule has 1 atom stereocenters. The van der Waals surface area contributed by atoms with Gasteiger partial charge < -0.3 is 20.1 Å². The lowest BCUT2D eigenvalue weighted by molar-refractivity contribution is -0.137. The fraction of sp³-hybridized carbons (Fsp3) is 0.370. The van der Waals surface area contributed by atoms with Crippen molar-refractivity contribution in [2.75, 3.05) is 26.2 Å². The number of carbonyl (C=O) groups excluding carboxylic acids is 1. The molecule has 2 N–H and O–H groups in total. The molecule has 1 saturated heterocycles. The maximum atomic E-state index is 12.8. The summed E-state index contributed by atoms with van der Waals surface area (Å²) < 4.78 is 44.2. The van der Waals surface area contributed by atoms with Gasteiger partial charge in [0.05, 0.1) is 5.56 Å². The third-order valence-corrected chi connectivity index (χ3v) is 6.45. The van der Waals surface area contributed by atoms with Crippen LogP contribution >= 0.6 is 0 Å². The van der Waals surface area contributed by atoms with Gasteiger partial charge in [0.2, 0.25) is 0 Å². The number of aliphatic hydroxyl groups is 1. The molecule has 3 aromatic rings. The number of carbonyl (C=O) groups is 1. The standard InChI is InChI=1S/C27H29F3N2O3/c1-18(21-16-32(17-21)13-2-3-14-33)31-26(34)20-7-12-24-19(15-20)5-4-6-25(24)35-23-10-8-22(9-11-23)27(28,29)30/h4-12,15,18,21,33H,2-3,13-14,16-17H2,1H3,(H,31,34)/t18-/m1/s1. The third-order valence-electron chi connectivity index (χ3n) is 6.45. The number of rotatable bonds is 9. The molecule has 4 rings (SSSR count). The number of nitrogens with one attached hydrogen (secondary N) is 1. The number of amides is 1. The molecular formula is C27H29F3N2O3. The highest BCUT2D eigenvalue weighted by molar-refractivity contribution is 6.00. The van der Waals surface area contributed by atoms with Crippen molar-refractivity contribution in [1.29, 1.82) is 0 Å². The quantitative estimate of drug-likeness (QED) is 0.394. The Labute approximate surface area is 202 Å². The largest absolute Gasteiger partial charge is 0.457 e. The Morgan fingerprint density at radius 1 is 1.11 bits per heavy atom. The Kier molecular flexibility index (Phi) is 7.62. The number of hydrogen-bond acceptors (Lipinski definition) is 4. The molecule has 0 spiro atoms. The number of nitrogens with zero attached hydrogens (tertiary/aromatic N) is 1. The number of likely N-dealkylation sites (tertiary alicyclic amines) is 1. The third kappa shape index (κ3) is 6.13. The molecule has 1 amide bonds. The summed E-state index contributed by atoms with van der Waals surface area (Å²) in [5.41, 5.74) is -0.195. The molecule has 8 heteroatoms. The zero-order valence-electron chi connectivity index (χ0n) is 19.5. The van der Waals surface area contributed by atoms with E-state index in [1.165, 1.54) is 12.1 Å². The summed E-state index contributed by atoms with van der Waals surface area (Å²) in [6.45, 7) is 5.09. The minimum absolute atomic E-state index is 0.0432. The monoisotopic (exact) mass is 486 g/mol. The molecule has 0 unspecified atom stereocenters. The number of hydrogen-bond donors (Lipinski definition) is 2. The molecule has 1 aliphatic heterocycles. The van der Waals surface area contributed by atoms with Crippen LogP contribution in [0.3, 0.4) is 0 Å². The Balaban J connectivity index is 1.39. The summed E-state index contributed by atoms with van der Waals surface area (Å²) in [6, 6.07) is 15.3. The molecule has 35 heavy (non-hydrogen) atoms. The highest BCUT2D eigenvalue weighted by Crippen LogP contribution is 2.34. The van der Waals surface area contributed by atoms with E-state index < -0.39 is 11.7 Å². The van der Waals surface area contributed by atoms with E-state index in [1.54, 1.807) is 30.3 Å². The van der Waals surface area contributed by atoms with Crippen LogP contribution in [0.5, 0.6) is 11.5 Å². The lowest BCUT2D eigenvalue weighted by atomic mass is 9.92. The molecule has 0 aromatic heterocycles. The van der Waals surface area contributed by atoms with Gasteiger partial charge in [0.1, 0.15) is 11.5 Å². The number of unbranched alkanes of at least 4 members (excludes halogenated alkanes) is 1. The number of benzene rings is 3. The van der Waals surface area contributed by atoms with Crippen LogP contribution in [0.1, 0.15) is 35.7 Å². The normalized spacial score (nSPS) is 15.6. The highest BCUT2D eigenvalue weighted by atomic mass is 19.4. The second-order valence-corrected chi connectivity index (χ2v) is 9.03. The SMILES string of the molecule is C[C@@H](NC(=O)c1ccc2c(Oc3ccc(C(F)(F)F)cc3)cccc2c1)C1CN(CCCCO)C1. The van der Waals surface area contributed by atoms with Crippen molar-refractivity contribution in [3.05, 3.63) is 71.8 Å². The van der Waals surface area contributed by atoms with Crippen LogP contribution in [0, 0.1) is 5.92 Å². The predicted molar refractivity (Wildman–Crippen MR) is 129 cm³/mol. The van der Waals surface area contributed by atoms with Crippen molar-refractivity contribution in [3.63, 3.8) is 0 Å². The summed E-state index contributed by atoms with van der Waals surface area (Å²) >= 11 is 0. The second-order valence-electron chi connectivity index (χ2n) is 9.03. The van der Waals surface area contributed by atoms with Crippen molar-refractivity contribution < 1.29 is 27.8 Å². The van der Waals surface area contributed by atoms with E-state index in [2.05, 4.69) is 10.2 Å². The van der Waals surface area contributed by atoms with Crippen LogP contribution in [0.2, 0.25) is 0 Å². The van der Waals surface area contributed by atoms with Crippen LogP contribution in [0.15, 0.2) is 60.7 Å². The van der Waals surface area contributed by atoms with E-state index in [0.29, 0.717) is 23.0 Å². The molecular weight excluding hydrogens is 457 g/mol. The number of fused-ring (bicyclic) bond motifs is 1. The topological polar surface area (TPSA) is 61.8 Å². The maximum Gasteiger partial charge on any atom is 0.416 e. The Morgan fingerprint density at radius 2 is 1.86 bits per heavy atom. The van der Waals surface area contributed by atoms with Crippen molar-refractivity contribution in [2.24, 2.45) is 5.92 Å². The molecule has 0 aliphatic carbocycles. The average Bonchev–Trinajstić information content (AvgIpc) is 2.80. The number of aliphatic hydroxyl groups excluding tert-OH is 1. The summed E-state index contributed by atoms with van der Waals surface area (Å²) in [4.78, 5) is 15.2. The minimum Gasteiger partial charge on any atom is -0.457 e. The van der Waals surface area contributed by atoms with E-state index >= 15 is 0 Å². The van der Waals surface area contributed by atoms with Crippen molar-refractivity contribution >= 4 is 16.7 Å². The predicted octanol–water partition coefficient (Wildman–Crippen LogP) is 5.47. The molecule has 1 aliphatic rings. The van der Waals surface area contributed by atoms with Gasteiger partial charge in [0.15, 0.2) is 0 Å². The van der Waals surface area contributed by atoms with Crippen LogP contribution in [-0.4, -0.2) is 48.2 Å². The Hall–Kier alpha value is -3.10. The van der Waals surface area contributed by atoms with Crippen LogP contribution in [0.4, 0.5) is 13.2 Å². The molecule has 186 valence electrons. The summed E-state index contributed by atoms with van der Waals surface area (Å²) in [5.74, 6) is 1.05. The van der Waals surface area contributed by atoms with Crippen LogP contribution in [-0.2, 0) is 6.18 Å². The Morgan fingerprint density at radius 3 is 2.54 bits per heavy atom. The number of ether oxygens (including phenoxy) is 1. The van der Waals surface area contributed by atoms with Gasteiger partial charge in [-0.05, 0) is 80.2 Å². The van der Waals surface area contributed by atoms with E-state index in [0.717, 1.165) is 55.4 Å². The first-order valence-electron chi connectivity index (χ1n) is 11.8. The molecule has 0 saturated carbocycles. The first kappa shape index (κ1) is 25.0. The van der Waals surface area contributed by atoms with Crippen molar-refractivity contribution in [1.82, 2.24) is 10.2 Å². The highest BCUT2D eigenvalue weighted by Gasteiger charge is 2.32. The van der Waals surface area contributed by atoms with E-state index in [4.69, 9.17) is 9.84 Å². The first-order valence-corrected chi connectivity index (χ1v) is 11.8. The fourth-order valence-corrected chi connectivity index (χ4v) is 4.29. The Bertz CT molecular complexity index is 1160. The lowest BCUT2D eigenvalue weighted by Crippen LogP contribution is -2.55. The van der Waals surface area contributed by atoms with Gasteiger partial charge in [-0.25, -0.2) is 0 Å². The van der Waals surface area contributed by atoms with Gasteiger partial charge in [0.25, 0.3) is 5.91 Å². The maximum absolute atomic E-state index is 12.8. The first-order chi connectivity index (χ1) is 16.7. The van der Waals surface area contributed by atoms with Crippen LogP contribution in [0.25, 0.3) is 10.8 Å². The van der Waals surface area contributed by atoms with Gasteiger partial charge >= 0.3 is 6.18 Å². The summed E-state index contributed by atoms with van der Waals surface area (Å²) in [7, 11) is 0. The van der Waals surface area contributed by atoms with E-state index in [1.807, 2.05) is 13.0 Å². The summed E-state index contributed by atoms with van der Waals surface area (Å²) in [5, 5.41) is 13.5. The van der Waals surface area contributed by atoms with E-state index in [-0.39, 0.29) is 18.6 Å². The average molecular weight is 487 g/mol. The smallest absolute Gasteiger partial charge is 0.416 e. The van der Waals surface area contributed by atoms with Gasteiger partial charge in [-0.2, -0.15) is 13.2 Å². The zero-order valence-corrected chi connectivity index (χ0v) is 19.5. The number of alkyl halides is 3. The minimum atomic E-state index is -4.40.